The number of hydrogen-bond acceptors (Lipinski definition) is 5. The molecule has 140 valence electrons. The van der Waals surface area contributed by atoms with Gasteiger partial charge in [0.15, 0.2) is 5.82 Å². The molecular weight excluding hydrogens is 338 g/mol. The lowest BCUT2D eigenvalue weighted by Crippen LogP contribution is -2.49. The number of carbonyl (C=O) groups is 1. The van der Waals surface area contributed by atoms with Gasteiger partial charge in [0, 0.05) is 31.7 Å². The number of anilines is 1. The van der Waals surface area contributed by atoms with Crippen molar-refractivity contribution in [1.82, 2.24) is 15.1 Å². The summed E-state index contributed by atoms with van der Waals surface area (Å²) in [5, 5.41) is 18.4. The van der Waals surface area contributed by atoms with Crippen molar-refractivity contribution < 1.29 is 4.79 Å². The highest BCUT2D eigenvalue weighted by atomic mass is 16.2. The number of aryl methyl sites for hydroxylation is 2. The lowest BCUT2D eigenvalue weighted by molar-refractivity contribution is 0.0746. The van der Waals surface area contributed by atoms with Crippen LogP contribution in [0.15, 0.2) is 24.3 Å². The van der Waals surface area contributed by atoms with Crippen LogP contribution in [0.2, 0.25) is 0 Å². The van der Waals surface area contributed by atoms with Crippen molar-refractivity contribution in [1.29, 1.82) is 5.26 Å². The molecule has 0 unspecified atom stereocenters. The highest BCUT2D eigenvalue weighted by molar-refractivity contribution is 5.94. The Labute approximate surface area is 160 Å². The van der Waals surface area contributed by atoms with Crippen LogP contribution in [-0.2, 0) is 12.8 Å². The third-order valence-corrected chi connectivity index (χ3v) is 5.10. The Bertz CT molecular complexity index is 861. The van der Waals surface area contributed by atoms with Gasteiger partial charge in [-0.3, -0.25) is 4.79 Å². The van der Waals surface area contributed by atoms with Gasteiger partial charge < -0.3 is 9.80 Å². The zero-order chi connectivity index (χ0) is 19.4. The van der Waals surface area contributed by atoms with E-state index in [9.17, 15) is 10.1 Å². The van der Waals surface area contributed by atoms with Gasteiger partial charge in [-0.25, -0.2) is 0 Å². The van der Waals surface area contributed by atoms with E-state index < -0.39 is 0 Å². The molecule has 3 rings (SSSR count). The van der Waals surface area contributed by atoms with E-state index in [1.54, 1.807) is 0 Å². The first-order valence-electron chi connectivity index (χ1n) is 9.48. The van der Waals surface area contributed by atoms with Gasteiger partial charge in [0.25, 0.3) is 5.91 Å². The Balaban J connectivity index is 1.75. The van der Waals surface area contributed by atoms with Gasteiger partial charge in [-0.05, 0) is 37.5 Å². The number of rotatable bonds is 4. The zero-order valence-electron chi connectivity index (χ0n) is 16.2. The first-order chi connectivity index (χ1) is 13.1. The van der Waals surface area contributed by atoms with Crippen molar-refractivity contribution in [3.63, 3.8) is 0 Å². The van der Waals surface area contributed by atoms with E-state index in [2.05, 4.69) is 21.2 Å². The minimum absolute atomic E-state index is 0.0526. The average molecular weight is 363 g/mol. The fourth-order valence-electron chi connectivity index (χ4n) is 3.50. The molecule has 0 radical (unpaired) electrons. The molecule has 2 aromatic rings. The van der Waals surface area contributed by atoms with Gasteiger partial charge in [-0.15, -0.1) is 5.10 Å². The van der Waals surface area contributed by atoms with Gasteiger partial charge in [0.1, 0.15) is 11.6 Å². The second-order valence-corrected chi connectivity index (χ2v) is 6.79. The van der Waals surface area contributed by atoms with E-state index in [1.807, 2.05) is 49.9 Å². The Hall–Kier alpha value is -2.94. The fourth-order valence-corrected chi connectivity index (χ4v) is 3.50. The topological polar surface area (TPSA) is 73.1 Å². The molecule has 1 aliphatic rings. The predicted octanol–water partition coefficient (Wildman–Crippen LogP) is 2.74. The minimum atomic E-state index is 0.0526. The van der Waals surface area contributed by atoms with Crippen molar-refractivity contribution in [3.05, 3.63) is 52.2 Å². The van der Waals surface area contributed by atoms with Crippen LogP contribution in [-0.4, -0.2) is 47.2 Å². The maximum absolute atomic E-state index is 12.7. The van der Waals surface area contributed by atoms with Gasteiger partial charge in [-0.2, -0.15) is 10.4 Å². The number of carbonyl (C=O) groups excluding carboxylic acids is 1. The summed E-state index contributed by atoms with van der Waals surface area (Å²) in [4.78, 5) is 16.6. The lowest BCUT2D eigenvalue weighted by atomic mass is 10.0. The molecule has 0 spiro atoms. The van der Waals surface area contributed by atoms with Crippen LogP contribution in [0.4, 0.5) is 5.82 Å². The lowest BCUT2D eigenvalue weighted by Gasteiger charge is -2.35. The van der Waals surface area contributed by atoms with Crippen molar-refractivity contribution in [2.75, 3.05) is 31.1 Å². The summed E-state index contributed by atoms with van der Waals surface area (Å²) >= 11 is 0. The molecule has 1 aromatic heterocycles. The summed E-state index contributed by atoms with van der Waals surface area (Å²) in [5.41, 5.74) is 4.37. The highest BCUT2D eigenvalue weighted by Gasteiger charge is 2.26. The third kappa shape index (κ3) is 3.77. The van der Waals surface area contributed by atoms with E-state index in [0.717, 1.165) is 29.7 Å². The van der Waals surface area contributed by atoms with Gasteiger partial charge >= 0.3 is 0 Å². The number of nitriles is 1. The minimum Gasteiger partial charge on any atom is -0.350 e. The largest absolute Gasteiger partial charge is 0.350 e. The van der Waals surface area contributed by atoms with Crippen LogP contribution in [0.1, 0.15) is 46.6 Å². The highest BCUT2D eigenvalue weighted by Crippen LogP contribution is 2.24. The molecule has 6 heteroatoms. The molecule has 27 heavy (non-hydrogen) atoms. The van der Waals surface area contributed by atoms with Crippen molar-refractivity contribution in [3.8, 4) is 6.07 Å². The van der Waals surface area contributed by atoms with Crippen LogP contribution < -0.4 is 4.90 Å². The molecule has 1 fully saturated rings. The Morgan fingerprint density at radius 1 is 1.07 bits per heavy atom. The molecule has 0 bridgehead atoms. The number of piperazine rings is 1. The maximum Gasteiger partial charge on any atom is 0.253 e. The molecule has 0 saturated carbocycles. The summed E-state index contributed by atoms with van der Waals surface area (Å²) in [7, 11) is 0. The fraction of sp³-hybridized carbons (Fsp3) is 0.429. The zero-order valence-corrected chi connectivity index (χ0v) is 16.2. The van der Waals surface area contributed by atoms with Crippen molar-refractivity contribution >= 4 is 11.7 Å². The number of nitrogens with zero attached hydrogens (tertiary/aromatic N) is 5. The number of hydrogen-bond donors (Lipinski definition) is 0. The number of amides is 1. The predicted molar refractivity (Wildman–Crippen MR) is 105 cm³/mol. The molecule has 1 aliphatic heterocycles. The first-order valence-corrected chi connectivity index (χ1v) is 9.48. The molecule has 0 atom stereocenters. The van der Waals surface area contributed by atoms with Crippen LogP contribution in [0.5, 0.6) is 0 Å². The Kier molecular flexibility index (Phi) is 5.70. The molecule has 1 saturated heterocycles. The molecule has 1 aromatic carbocycles. The normalized spacial score (nSPS) is 14.1. The summed E-state index contributed by atoms with van der Waals surface area (Å²) in [6.07, 6.45) is 1.53. The second-order valence-electron chi connectivity index (χ2n) is 6.79. The molecule has 6 nitrogen and oxygen atoms in total. The molecule has 2 heterocycles. The van der Waals surface area contributed by atoms with Gasteiger partial charge in [0.2, 0.25) is 0 Å². The van der Waals surface area contributed by atoms with Gasteiger partial charge in [0.05, 0.1) is 5.69 Å². The number of aromatic nitrogens is 2. The average Bonchev–Trinajstić information content (AvgIpc) is 2.72. The standard InChI is InChI=1S/C21H25N5O/c1-4-17-18(14-22)20(24-23-19(17)5-2)25-10-12-26(13-11-25)21(27)16-8-6-15(3)7-9-16/h6-9H,4-5,10-13H2,1-3H3. The van der Waals surface area contributed by atoms with E-state index >= 15 is 0 Å². The van der Waals surface area contributed by atoms with Crippen molar-refractivity contribution in [2.24, 2.45) is 0 Å². The van der Waals surface area contributed by atoms with Crippen LogP contribution in [0.25, 0.3) is 0 Å². The summed E-state index contributed by atoms with van der Waals surface area (Å²) < 4.78 is 0. The first kappa shape index (κ1) is 18.8. The summed E-state index contributed by atoms with van der Waals surface area (Å²) in [6, 6.07) is 9.99. The quantitative estimate of drug-likeness (QED) is 0.835. The SMILES string of the molecule is CCc1nnc(N2CCN(C(=O)c3ccc(C)cc3)CC2)c(C#N)c1CC. The van der Waals surface area contributed by atoms with Crippen LogP contribution >= 0.6 is 0 Å². The van der Waals surface area contributed by atoms with E-state index in [0.29, 0.717) is 43.1 Å². The van der Waals surface area contributed by atoms with Crippen molar-refractivity contribution in [2.45, 2.75) is 33.6 Å². The monoisotopic (exact) mass is 363 g/mol. The van der Waals surface area contributed by atoms with E-state index in [1.165, 1.54) is 0 Å². The smallest absolute Gasteiger partial charge is 0.253 e. The Morgan fingerprint density at radius 2 is 1.74 bits per heavy atom. The molecular formula is C21H25N5O. The Morgan fingerprint density at radius 3 is 2.30 bits per heavy atom. The molecule has 0 aliphatic carbocycles. The van der Waals surface area contributed by atoms with Crippen LogP contribution in [0, 0.1) is 18.3 Å². The second kappa shape index (κ2) is 8.17. The molecule has 0 N–H and O–H groups in total. The summed E-state index contributed by atoms with van der Waals surface area (Å²) in [5.74, 6) is 0.700. The third-order valence-electron chi connectivity index (χ3n) is 5.10. The maximum atomic E-state index is 12.7. The van der Waals surface area contributed by atoms with E-state index in [4.69, 9.17) is 0 Å². The van der Waals surface area contributed by atoms with Gasteiger partial charge in [-0.1, -0.05) is 31.5 Å². The number of benzene rings is 1. The summed E-state index contributed by atoms with van der Waals surface area (Å²) in [6.45, 7) is 8.59. The van der Waals surface area contributed by atoms with Crippen LogP contribution in [0.3, 0.4) is 0 Å². The molecule has 1 amide bonds. The van der Waals surface area contributed by atoms with E-state index in [-0.39, 0.29) is 5.91 Å².